The smallest absolute Gasteiger partial charge is 0.319 e. The van der Waals surface area contributed by atoms with Gasteiger partial charge in [0.1, 0.15) is 5.82 Å². The third-order valence-electron chi connectivity index (χ3n) is 3.54. The number of rotatable bonds is 3. The molecule has 1 aliphatic rings. The first-order valence-electron chi connectivity index (χ1n) is 6.85. The van der Waals surface area contributed by atoms with Crippen molar-refractivity contribution in [3.05, 3.63) is 40.4 Å². The lowest BCUT2D eigenvalue weighted by atomic mass is 10.2. The fourth-order valence-electron chi connectivity index (χ4n) is 2.40. The molecule has 2 amide bonds. The van der Waals surface area contributed by atoms with E-state index >= 15 is 0 Å². The molecule has 3 rings (SSSR count). The van der Waals surface area contributed by atoms with E-state index in [1.165, 1.54) is 0 Å². The molecule has 2 heterocycles. The maximum atomic E-state index is 11.9. The molecule has 0 bridgehead atoms. The first-order chi connectivity index (χ1) is 10.1. The van der Waals surface area contributed by atoms with Crippen LogP contribution in [0.15, 0.2) is 18.2 Å². The van der Waals surface area contributed by atoms with E-state index < -0.39 is 0 Å². The zero-order chi connectivity index (χ0) is 14.8. The minimum absolute atomic E-state index is 0.282. The highest BCUT2D eigenvalue weighted by Crippen LogP contribution is 2.20. The minimum atomic E-state index is -0.282. The summed E-state index contributed by atoms with van der Waals surface area (Å²) in [6.45, 7) is 3.20. The standard InChI is InChI=1S/C14H16ClN5O/c1-9-4-5-10(15)7-11(9)17-14(21)16-8-13-19-18-12-3-2-6-20(12)13/h4-5,7H,2-3,6,8H2,1H3,(H2,16,17,21). The lowest BCUT2D eigenvalue weighted by Crippen LogP contribution is -2.29. The number of carbonyl (C=O) groups is 1. The molecule has 0 saturated carbocycles. The molecule has 0 aliphatic carbocycles. The fraction of sp³-hybridized carbons (Fsp3) is 0.357. The second kappa shape index (κ2) is 5.73. The number of nitrogens with one attached hydrogen (secondary N) is 2. The van der Waals surface area contributed by atoms with Crippen LogP contribution >= 0.6 is 11.6 Å². The number of hydrogen-bond acceptors (Lipinski definition) is 3. The Labute approximate surface area is 127 Å². The molecule has 7 heteroatoms. The number of urea groups is 1. The van der Waals surface area contributed by atoms with Crippen molar-refractivity contribution in [2.24, 2.45) is 0 Å². The fourth-order valence-corrected chi connectivity index (χ4v) is 2.57. The summed E-state index contributed by atoms with van der Waals surface area (Å²) in [7, 11) is 0. The number of anilines is 1. The summed E-state index contributed by atoms with van der Waals surface area (Å²) < 4.78 is 2.06. The van der Waals surface area contributed by atoms with Gasteiger partial charge in [-0.3, -0.25) is 0 Å². The molecule has 6 nitrogen and oxygen atoms in total. The average molecular weight is 306 g/mol. The summed E-state index contributed by atoms with van der Waals surface area (Å²) >= 11 is 5.93. The van der Waals surface area contributed by atoms with Crippen LogP contribution < -0.4 is 10.6 Å². The van der Waals surface area contributed by atoms with E-state index in [0.717, 1.165) is 36.6 Å². The minimum Gasteiger partial charge on any atom is -0.331 e. The summed E-state index contributed by atoms with van der Waals surface area (Å²) in [5, 5.41) is 14.4. The quantitative estimate of drug-likeness (QED) is 0.915. The molecule has 0 unspecified atom stereocenters. The van der Waals surface area contributed by atoms with Crippen molar-refractivity contribution in [3.63, 3.8) is 0 Å². The van der Waals surface area contributed by atoms with Gasteiger partial charge in [0.15, 0.2) is 5.82 Å². The number of amides is 2. The number of carbonyl (C=O) groups excluding carboxylic acids is 1. The van der Waals surface area contributed by atoms with E-state index in [1.807, 2.05) is 13.0 Å². The Bertz CT molecular complexity index is 682. The summed E-state index contributed by atoms with van der Waals surface area (Å²) in [6, 6.07) is 5.10. The average Bonchev–Trinajstić information content (AvgIpc) is 3.04. The molecule has 0 saturated heterocycles. The predicted octanol–water partition coefficient (Wildman–Crippen LogP) is 2.51. The zero-order valence-corrected chi connectivity index (χ0v) is 12.4. The molecule has 0 spiro atoms. The highest BCUT2D eigenvalue weighted by Gasteiger charge is 2.17. The lowest BCUT2D eigenvalue weighted by Gasteiger charge is -2.10. The monoisotopic (exact) mass is 305 g/mol. The van der Waals surface area contributed by atoms with E-state index in [0.29, 0.717) is 17.3 Å². The summed E-state index contributed by atoms with van der Waals surface area (Å²) in [4.78, 5) is 11.9. The number of aryl methyl sites for hydroxylation is 2. The van der Waals surface area contributed by atoms with E-state index in [2.05, 4.69) is 25.4 Å². The van der Waals surface area contributed by atoms with Crippen LogP contribution in [0.1, 0.15) is 23.6 Å². The molecule has 110 valence electrons. The topological polar surface area (TPSA) is 71.8 Å². The molecule has 0 fully saturated rings. The van der Waals surface area contributed by atoms with Gasteiger partial charge in [0.05, 0.1) is 6.54 Å². The number of fused-ring (bicyclic) bond motifs is 1. The maximum absolute atomic E-state index is 11.9. The number of nitrogens with zero attached hydrogens (tertiary/aromatic N) is 3. The third kappa shape index (κ3) is 3.00. The van der Waals surface area contributed by atoms with Gasteiger partial charge in [0.25, 0.3) is 0 Å². The predicted molar refractivity (Wildman–Crippen MR) is 80.4 cm³/mol. The van der Waals surface area contributed by atoms with Crippen molar-refractivity contribution in [2.45, 2.75) is 32.9 Å². The number of aromatic nitrogens is 3. The third-order valence-corrected chi connectivity index (χ3v) is 3.78. The van der Waals surface area contributed by atoms with Crippen molar-refractivity contribution in [1.82, 2.24) is 20.1 Å². The van der Waals surface area contributed by atoms with Gasteiger partial charge in [-0.2, -0.15) is 0 Å². The number of hydrogen-bond donors (Lipinski definition) is 2. The summed E-state index contributed by atoms with van der Waals surface area (Å²) in [5.74, 6) is 1.79. The number of halogens is 1. The Morgan fingerprint density at radius 1 is 1.43 bits per heavy atom. The molecule has 2 N–H and O–H groups in total. The molecule has 21 heavy (non-hydrogen) atoms. The molecule has 1 aromatic carbocycles. The van der Waals surface area contributed by atoms with Crippen molar-refractivity contribution in [2.75, 3.05) is 5.32 Å². The van der Waals surface area contributed by atoms with Crippen LogP contribution in [0.2, 0.25) is 5.02 Å². The van der Waals surface area contributed by atoms with Gasteiger partial charge >= 0.3 is 6.03 Å². The Hall–Kier alpha value is -2.08. The first-order valence-corrected chi connectivity index (χ1v) is 7.23. The van der Waals surface area contributed by atoms with Crippen molar-refractivity contribution >= 4 is 23.3 Å². The SMILES string of the molecule is Cc1ccc(Cl)cc1NC(=O)NCc1nnc2n1CCC2. The van der Waals surface area contributed by atoms with Crippen LogP contribution in [0.5, 0.6) is 0 Å². The molecule has 0 atom stereocenters. The van der Waals surface area contributed by atoms with Gasteiger partial charge in [-0.1, -0.05) is 17.7 Å². The highest BCUT2D eigenvalue weighted by molar-refractivity contribution is 6.31. The maximum Gasteiger partial charge on any atom is 0.319 e. The van der Waals surface area contributed by atoms with Crippen LogP contribution in [0.4, 0.5) is 10.5 Å². The van der Waals surface area contributed by atoms with E-state index in [-0.39, 0.29) is 6.03 Å². The van der Waals surface area contributed by atoms with Crippen LogP contribution in [0.25, 0.3) is 0 Å². The van der Waals surface area contributed by atoms with E-state index in [1.54, 1.807) is 12.1 Å². The Kier molecular flexibility index (Phi) is 3.79. The lowest BCUT2D eigenvalue weighted by molar-refractivity contribution is 0.251. The summed E-state index contributed by atoms with van der Waals surface area (Å²) in [5.41, 5.74) is 1.66. The Morgan fingerprint density at radius 3 is 3.14 bits per heavy atom. The Balaban J connectivity index is 1.60. The molecular formula is C14H16ClN5O. The molecule has 1 aliphatic heterocycles. The van der Waals surface area contributed by atoms with Crippen LogP contribution in [0, 0.1) is 6.92 Å². The van der Waals surface area contributed by atoms with E-state index in [9.17, 15) is 4.79 Å². The van der Waals surface area contributed by atoms with Gasteiger partial charge in [-0.15, -0.1) is 10.2 Å². The van der Waals surface area contributed by atoms with E-state index in [4.69, 9.17) is 11.6 Å². The van der Waals surface area contributed by atoms with Gasteiger partial charge < -0.3 is 15.2 Å². The second-order valence-electron chi connectivity index (χ2n) is 5.05. The first kappa shape index (κ1) is 13.9. The van der Waals surface area contributed by atoms with Crippen LogP contribution in [-0.2, 0) is 19.5 Å². The molecule has 1 aromatic heterocycles. The van der Waals surface area contributed by atoms with Crippen molar-refractivity contribution < 1.29 is 4.79 Å². The van der Waals surface area contributed by atoms with Gasteiger partial charge in [-0.05, 0) is 31.0 Å². The van der Waals surface area contributed by atoms with Gasteiger partial charge in [0.2, 0.25) is 0 Å². The van der Waals surface area contributed by atoms with Gasteiger partial charge in [-0.25, -0.2) is 4.79 Å². The Morgan fingerprint density at radius 2 is 2.29 bits per heavy atom. The molecule has 0 radical (unpaired) electrons. The van der Waals surface area contributed by atoms with Gasteiger partial charge in [0, 0.05) is 23.7 Å². The van der Waals surface area contributed by atoms with Crippen LogP contribution in [-0.4, -0.2) is 20.8 Å². The highest BCUT2D eigenvalue weighted by atomic mass is 35.5. The second-order valence-corrected chi connectivity index (χ2v) is 5.49. The van der Waals surface area contributed by atoms with Crippen LogP contribution in [0.3, 0.4) is 0 Å². The van der Waals surface area contributed by atoms with Crippen molar-refractivity contribution in [3.8, 4) is 0 Å². The zero-order valence-electron chi connectivity index (χ0n) is 11.7. The van der Waals surface area contributed by atoms with Crippen molar-refractivity contribution in [1.29, 1.82) is 0 Å². The largest absolute Gasteiger partial charge is 0.331 e. The molecule has 2 aromatic rings. The molecular weight excluding hydrogens is 290 g/mol. The number of benzene rings is 1. The summed E-state index contributed by atoms with van der Waals surface area (Å²) in [6.07, 6.45) is 2.05. The normalized spacial score (nSPS) is 13.0.